The third kappa shape index (κ3) is 2.91. The van der Waals surface area contributed by atoms with Crippen molar-refractivity contribution in [1.82, 2.24) is 0 Å². The Bertz CT molecular complexity index is 301. The van der Waals surface area contributed by atoms with E-state index in [0.29, 0.717) is 18.2 Å². The van der Waals surface area contributed by atoms with Crippen LogP contribution in [0.4, 0.5) is 10.1 Å². The maximum Gasteiger partial charge on any atom is 0.167 e. The fraction of sp³-hybridized carbons (Fsp3) is 0.455. The topological polar surface area (TPSA) is 35.2 Å². The Kier molecular flexibility index (Phi) is 3.74. The predicted molar refractivity (Wildman–Crippen MR) is 55.8 cm³/mol. The molecule has 1 unspecified atom stereocenters. The van der Waals surface area contributed by atoms with Crippen LogP contribution in [-0.2, 0) is 0 Å². The van der Waals surface area contributed by atoms with Crippen molar-refractivity contribution in [2.24, 2.45) is 5.92 Å². The normalized spacial score (nSPS) is 12.5. The minimum absolute atomic E-state index is 0.277. The summed E-state index contributed by atoms with van der Waals surface area (Å²) in [6.45, 7) is 4.68. The predicted octanol–water partition coefficient (Wildman–Crippen LogP) is 2.83. The third-order valence-corrected chi connectivity index (χ3v) is 2.18. The molecule has 14 heavy (non-hydrogen) atoms. The van der Waals surface area contributed by atoms with Gasteiger partial charge in [-0.25, -0.2) is 4.39 Å². The smallest absolute Gasteiger partial charge is 0.167 e. The van der Waals surface area contributed by atoms with Gasteiger partial charge in [0.05, 0.1) is 6.61 Å². The Hall–Kier alpha value is -1.25. The van der Waals surface area contributed by atoms with Gasteiger partial charge in [-0.15, -0.1) is 0 Å². The molecule has 0 heterocycles. The van der Waals surface area contributed by atoms with E-state index in [1.54, 1.807) is 12.1 Å². The molecule has 1 aromatic carbocycles. The lowest BCUT2D eigenvalue weighted by atomic mass is 10.1. The molecule has 2 nitrogen and oxygen atoms in total. The van der Waals surface area contributed by atoms with Crippen LogP contribution >= 0.6 is 0 Å². The molecule has 0 saturated heterocycles. The number of ether oxygens (including phenoxy) is 1. The maximum absolute atomic E-state index is 13.2. The highest BCUT2D eigenvalue weighted by Crippen LogP contribution is 2.20. The first kappa shape index (κ1) is 10.8. The first-order valence-corrected chi connectivity index (χ1v) is 4.81. The first-order valence-electron chi connectivity index (χ1n) is 4.81. The van der Waals surface area contributed by atoms with Gasteiger partial charge in [-0.1, -0.05) is 20.3 Å². The Morgan fingerprint density at radius 2 is 2.21 bits per heavy atom. The Morgan fingerprint density at radius 1 is 1.50 bits per heavy atom. The van der Waals surface area contributed by atoms with Crippen molar-refractivity contribution in [3.63, 3.8) is 0 Å². The molecule has 0 radical (unpaired) electrons. The lowest BCUT2D eigenvalue weighted by Gasteiger charge is -2.11. The zero-order valence-corrected chi connectivity index (χ0v) is 8.59. The van der Waals surface area contributed by atoms with E-state index in [1.807, 2.05) is 0 Å². The number of benzene rings is 1. The highest BCUT2D eigenvalue weighted by atomic mass is 19.1. The van der Waals surface area contributed by atoms with Crippen molar-refractivity contribution in [3.8, 4) is 5.75 Å². The monoisotopic (exact) mass is 197 g/mol. The Morgan fingerprint density at radius 3 is 2.79 bits per heavy atom. The average molecular weight is 197 g/mol. The van der Waals surface area contributed by atoms with Crippen molar-refractivity contribution in [3.05, 3.63) is 24.0 Å². The van der Waals surface area contributed by atoms with Crippen LogP contribution in [-0.4, -0.2) is 6.61 Å². The van der Waals surface area contributed by atoms with Crippen LogP contribution in [0, 0.1) is 11.7 Å². The molecule has 3 heteroatoms. The standard InChI is InChI=1S/C11H16FNO/c1-3-8(2)7-14-11-5-4-9(13)6-10(11)12/h4-6,8H,3,7,13H2,1-2H3. The second-order valence-corrected chi connectivity index (χ2v) is 3.51. The highest BCUT2D eigenvalue weighted by molar-refractivity contribution is 5.42. The van der Waals surface area contributed by atoms with Gasteiger partial charge in [-0.2, -0.15) is 0 Å². The molecule has 0 spiro atoms. The second-order valence-electron chi connectivity index (χ2n) is 3.51. The highest BCUT2D eigenvalue weighted by Gasteiger charge is 2.05. The van der Waals surface area contributed by atoms with Crippen LogP contribution in [0.5, 0.6) is 5.75 Å². The average Bonchev–Trinajstić information content (AvgIpc) is 2.16. The molecule has 1 rings (SSSR count). The van der Waals surface area contributed by atoms with E-state index < -0.39 is 5.82 Å². The summed E-state index contributed by atoms with van der Waals surface area (Å²) in [5.41, 5.74) is 5.83. The van der Waals surface area contributed by atoms with E-state index >= 15 is 0 Å². The van der Waals surface area contributed by atoms with Gasteiger partial charge in [0, 0.05) is 11.8 Å². The van der Waals surface area contributed by atoms with Crippen molar-refractivity contribution in [1.29, 1.82) is 0 Å². The molecule has 0 aliphatic carbocycles. The van der Waals surface area contributed by atoms with E-state index in [0.717, 1.165) is 6.42 Å². The van der Waals surface area contributed by atoms with Crippen LogP contribution < -0.4 is 10.5 Å². The number of anilines is 1. The van der Waals surface area contributed by atoms with Gasteiger partial charge in [-0.3, -0.25) is 0 Å². The van der Waals surface area contributed by atoms with Crippen molar-refractivity contribution in [2.75, 3.05) is 12.3 Å². The fourth-order valence-electron chi connectivity index (χ4n) is 0.984. The molecule has 78 valence electrons. The zero-order valence-electron chi connectivity index (χ0n) is 8.59. The summed E-state index contributed by atoms with van der Waals surface area (Å²) in [5.74, 6) is 0.319. The molecule has 1 atom stereocenters. The molecule has 0 bridgehead atoms. The number of nitrogen functional groups attached to an aromatic ring is 1. The van der Waals surface area contributed by atoms with Crippen LogP contribution in [0.15, 0.2) is 18.2 Å². The van der Waals surface area contributed by atoms with E-state index in [-0.39, 0.29) is 5.75 Å². The van der Waals surface area contributed by atoms with Crippen molar-refractivity contribution < 1.29 is 9.13 Å². The van der Waals surface area contributed by atoms with Gasteiger partial charge in [0.2, 0.25) is 0 Å². The van der Waals surface area contributed by atoms with Crippen LogP contribution in [0.1, 0.15) is 20.3 Å². The molecule has 0 aliphatic rings. The fourth-order valence-corrected chi connectivity index (χ4v) is 0.984. The molecular weight excluding hydrogens is 181 g/mol. The number of hydrogen-bond donors (Lipinski definition) is 1. The van der Waals surface area contributed by atoms with Crippen LogP contribution in [0.2, 0.25) is 0 Å². The second kappa shape index (κ2) is 4.84. The molecule has 0 amide bonds. The van der Waals surface area contributed by atoms with Gasteiger partial charge in [0.15, 0.2) is 11.6 Å². The number of rotatable bonds is 4. The molecule has 0 aliphatic heterocycles. The minimum atomic E-state index is -0.395. The van der Waals surface area contributed by atoms with Crippen molar-refractivity contribution in [2.45, 2.75) is 20.3 Å². The summed E-state index contributed by atoms with van der Waals surface area (Å²) in [4.78, 5) is 0. The number of hydrogen-bond acceptors (Lipinski definition) is 2. The van der Waals surface area contributed by atoms with E-state index in [4.69, 9.17) is 10.5 Å². The van der Waals surface area contributed by atoms with Gasteiger partial charge < -0.3 is 10.5 Å². The van der Waals surface area contributed by atoms with E-state index in [1.165, 1.54) is 6.07 Å². The summed E-state index contributed by atoms with van der Waals surface area (Å²) >= 11 is 0. The molecule has 2 N–H and O–H groups in total. The summed E-state index contributed by atoms with van der Waals surface area (Å²) in [6, 6.07) is 4.47. The molecule has 0 fully saturated rings. The largest absolute Gasteiger partial charge is 0.490 e. The van der Waals surface area contributed by atoms with Crippen molar-refractivity contribution >= 4 is 5.69 Å². The van der Waals surface area contributed by atoms with Gasteiger partial charge >= 0.3 is 0 Å². The number of halogens is 1. The molecule has 1 aromatic rings. The summed E-state index contributed by atoms with van der Waals surface area (Å²) in [7, 11) is 0. The first-order chi connectivity index (χ1) is 6.63. The Balaban J connectivity index is 2.59. The molecular formula is C11H16FNO. The van der Waals surface area contributed by atoms with Gasteiger partial charge in [0.1, 0.15) is 0 Å². The lowest BCUT2D eigenvalue weighted by Crippen LogP contribution is -2.08. The van der Waals surface area contributed by atoms with Crippen LogP contribution in [0.25, 0.3) is 0 Å². The van der Waals surface area contributed by atoms with Crippen LogP contribution in [0.3, 0.4) is 0 Å². The Labute approximate surface area is 83.9 Å². The number of nitrogens with two attached hydrogens (primary N) is 1. The maximum atomic E-state index is 13.2. The van der Waals surface area contributed by atoms with Gasteiger partial charge in [-0.05, 0) is 18.1 Å². The lowest BCUT2D eigenvalue weighted by molar-refractivity contribution is 0.246. The summed E-state index contributed by atoms with van der Waals surface area (Å²) in [5, 5.41) is 0. The minimum Gasteiger partial charge on any atom is -0.490 e. The molecule has 0 saturated carbocycles. The quantitative estimate of drug-likeness (QED) is 0.753. The molecule has 0 aromatic heterocycles. The summed E-state index contributed by atoms with van der Waals surface area (Å²) in [6.07, 6.45) is 1.02. The van der Waals surface area contributed by atoms with E-state index in [2.05, 4.69) is 13.8 Å². The van der Waals surface area contributed by atoms with E-state index in [9.17, 15) is 4.39 Å². The summed E-state index contributed by atoms with van der Waals surface area (Å²) < 4.78 is 18.5. The van der Waals surface area contributed by atoms with Gasteiger partial charge in [0.25, 0.3) is 0 Å². The zero-order chi connectivity index (χ0) is 10.6. The third-order valence-electron chi connectivity index (χ3n) is 2.18. The SMILES string of the molecule is CCC(C)COc1ccc(N)cc1F.